The second kappa shape index (κ2) is 21.5. The van der Waals surface area contributed by atoms with Crippen LogP contribution in [-0.4, -0.2) is 76.4 Å². The third kappa shape index (κ3) is 15.6. The molecule has 0 aliphatic carbocycles. The molecule has 0 heterocycles. The highest BCUT2D eigenvalue weighted by atomic mass is 32.2. The average Bonchev–Trinajstić information content (AvgIpc) is 3.01. The van der Waals surface area contributed by atoms with Crippen molar-refractivity contribution >= 4 is 15.9 Å². The van der Waals surface area contributed by atoms with Gasteiger partial charge in [-0.1, -0.05) is 57.5 Å². The van der Waals surface area contributed by atoms with Gasteiger partial charge in [-0.25, -0.2) is 17.2 Å². The van der Waals surface area contributed by atoms with Gasteiger partial charge in [-0.3, -0.25) is 4.79 Å². The second-order valence-electron chi connectivity index (χ2n) is 10.6. The van der Waals surface area contributed by atoms with Crippen LogP contribution >= 0.6 is 0 Å². The number of aryl methyl sites for hydroxylation is 3. The SMILES string of the molecule is CCNCCCNC(=O)c1ccc(S(=O)(=O)N(C)CCN(CC)CC)cc1.CCc1cccc(C)c1.Cc1cc(F)cc(F)c1. The number of benzene rings is 3. The Morgan fingerprint density at radius 2 is 1.42 bits per heavy atom. The lowest BCUT2D eigenvalue weighted by atomic mass is 10.1. The standard InChI is InChI=1S/C19H34N4O3S.C9H12.C7H6F2/c1-5-20-13-8-14-21-19(24)17-9-11-18(12-10-17)27(25,26)22(4)15-16-23(6-2)7-3;1-3-9-6-4-5-8(2)7-9;1-5-2-6(8)4-7(9)3-5/h9-12,20H,5-8,13-16H2,1-4H3,(H,21,24);4-7H,3H2,1-2H3;2-4H,1H3. The van der Waals surface area contributed by atoms with Crippen molar-refractivity contribution in [3.63, 3.8) is 0 Å². The van der Waals surface area contributed by atoms with E-state index in [-0.39, 0.29) is 10.8 Å². The molecule has 0 saturated carbocycles. The minimum atomic E-state index is -3.55. The molecular weight excluding hydrogens is 594 g/mol. The van der Waals surface area contributed by atoms with Gasteiger partial charge in [0, 0.05) is 38.3 Å². The van der Waals surface area contributed by atoms with Gasteiger partial charge in [0.25, 0.3) is 5.91 Å². The summed E-state index contributed by atoms with van der Waals surface area (Å²) in [6.07, 6.45) is 1.99. The maximum absolute atomic E-state index is 12.7. The van der Waals surface area contributed by atoms with E-state index in [1.165, 1.54) is 39.7 Å². The highest BCUT2D eigenvalue weighted by molar-refractivity contribution is 7.89. The number of amides is 1. The molecule has 0 unspecified atom stereocenters. The first-order valence-electron chi connectivity index (χ1n) is 15.6. The molecule has 0 spiro atoms. The first-order chi connectivity index (χ1) is 21.4. The van der Waals surface area contributed by atoms with Gasteiger partial charge in [0.15, 0.2) is 0 Å². The minimum absolute atomic E-state index is 0.190. The van der Waals surface area contributed by atoms with Gasteiger partial charge in [0.2, 0.25) is 10.0 Å². The summed E-state index contributed by atoms with van der Waals surface area (Å²) in [5.74, 6) is -1.23. The predicted molar refractivity (Wildman–Crippen MR) is 181 cm³/mol. The van der Waals surface area contributed by atoms with Gasteiger partial charge in [0.1, 0.15) is 11.6 Å². The van der Waals surface area contributed by atoms with Gasteiger partial charge in [-0.2, -0.15) is 4.31 Å². The zero-order valence-corrected chi connectivity index (χ0v) is 28.8. The fourth-order valence-electron chi connectivity index (χ4n) is 4.22. The molecule has 0 radical (unpaired) electrons. The van der Waals surface area contributed by atoms with E-state index in [4.69, 9.17) is 0 Å². The number of hydrogen-bond donors (Lipinski definition) is 2. The summed E-state index contributed by atoms with van der Waals surface area (Å²) >= 11 is 0. The lowest BCUT2D eigenvalue weighted by molar-refractivity contribution is 0.0953. The molecule has 45 heavy (non-hydrogen) atoms. The minimum Gasteiger partial charge on any atom is -0.352 e. The highest BCUT2D eigenvalue weighted by Gasteiger charge is 2.21. The molecule has 1 amide bonds. The van der Waals surface area contributed by atoms with Crippen molar-refractivity contribution in [1.82, 2.24) is 19.8 Å². The van der Waals surface area contributed by atoms with Gasteiger partial charge < -0.3 is 15.5 Å². The van der Waals surface area contributed by atoms with Crippen molar-refractivity contribution in [1.29, 1.82) is 0 Å². The molecule has 3 aromatic carbocycles. The van der Waals surface area contributed by atoms with Crippen molar-refractivity contribution in [3.8, 4) is 0 Å². The Kier molecular flexibility index (Phi) is 19.1. The van der Waals surface area contributed by atoms with Crippen LogP contribution < -0.4 is 10.6 Å². The number of hydrogen-bond acceptors (Lipinski definition) is 5. The van der Waals surface area contributed by atoms with Crippen molar-refractivity contribution in [3.05, 3.63) is 101 Å². The maximum Gasteiger partial charge on any atom is 0.251 e. The summed E-state index contributed by atoms with van der Waals surface area (Å²) in [5.41, 5.74) is 3.85. The van der Waals surface area contributed by atoms with Crippen LogP contribution in [-0.2, 0) is 16.4 Å². The van der Waals surface area contributed by atoms with Crippen LogP contribution in [0.15, 0.2) is 71.6 Å². The van der Waals surface area contributed by atoms with E-state index in [1.54, 1.807) is 26.1 Å². The lowest BCUT2D eigenvalue weighted by Crippen LogP contribution is -2.36. The molecule has 3 rings (SSSR count). The van der Waals surface area contributed by atoms with Crippen molar-refractivity contribution in [2.24, 2.45) is 0 Å². The number of halogens is 2. The number of sulfonamides is 1. The molecule has 0 fully saturated rings. The van der Waals surface area contributed by atoms with E-state index in [0.717, 1.165) is 45.1 Å². The summed E-state index contributed by atoms with van der Waals surface area (Å²) in [6.45, 7) is 17.3. The molecule has 10 heteroatoms. The van der Waals surface area contributed by atoms with Crippen LogP contribution in [0.2, 0.25) is 0 Å². The van der Waals surface area contributed by atoms with E-state index >= 15 is 0 Å². The van der Waals surface area contributed by atoms with Crippen LogP contribution in [0.1, 0.15) is 61.2 Å². The zero-order valence-electron chi connectivity index (χ0n) is 28.0. The number of rotatable bonds is 14. The Balaban J connectivity index is 0.000000450. The molecule has 250 valence electrons. The van der Waals surface area contributed by atoms with Crippen LogP contribution in [0.4, 0.5) is 8.78 Å². The van der Waals surface area contributed by atoms with E-state index in [0.29, 0.717) is 30.8 Å². The molecule has 0 aliphatic heterocycles. The Bertz CT molecular complexity index is 1330. The first-order valence-corrected chi connectivity index (χ1v) is 17.1. The maximum atomic E-state index is 12.7. The average molecular weight is 647 g/mol. The first kappa shape index (κ1) is 39.8. The van der Waals surface area contributed by atoms with Crippen LogP contribution in [0.5, 0.6) is 0 Å². The molecule has 7 nitrogen and oxygen atoms in total. The molecule has 2 N–H and O–H groups in total. The normalized spacial score (nSPS) is 11.0. The fraction of sp³-hybridized carbons (Fsp3) is 0.457. The summed E-state index contributed by atoms with van der Waals surface area (Å²) in [4.78, 5) is 14.5. The Morgan fingerprint density at radius 3 is 1.91 bits per heavy atom. The van der Waals surface area contributed by atoms with E-state index in [2.05, 4.69) is 67.5 Å². The smallest absolute Gasteiger partial charge is 0.251 e. The summed E-state index contributed by atoms with van der Waals surface area (Å²) in [5, 5.41) is 6.04. The summed E-state index contributed by atoms with van der Waals surface area (Å²) < 4.78 is 51.1. The zero-order chi connectivity index (χ0) is 33.8. The largest absolute Gasteiger partial charge is 0.352 e. The van der Waals surface area contributed by atoms with Gasteiger partial charge in [-0.05, 0) is 100 Å². The van der Waals surface area contributed by atoms with E-state index < -0.39 is 21.7 Å². The Hall–Kier alpha value is -3.18. The van der Waals surface area contributed by atoms with Crippen LogP contribution in [0, 0.1) is 25.5 Å². The van der Waals surface area contributed by atoms with Gasteiger partial charge in [0.05, 0.1) is 4.90 Å². The van der Waals surface area contributed by atoms with Crippen LogP contribution in [0.3, 0.4) is 0 Å². The summed E-state index contributed by atoms with van der Waals surface area (Å²) in [6, 6.07) is 18.1. The molecular formula is C35H52F2N4O3S. The lowest BCUT2D eigenvalue weighted by Gasteiger charge is -2.23. The van der Waals surface area contributed by atoms with E-state index in [1.807, 2.05) is 6.92 Å². The number of carbonyl (C=O) groups excluding carboxylic acids is 1. The molecule has 0 bridgehead atoms. The quantitative estimate of drug-likeness (QED) is 0.204. The molecule has 3 aromatic rings. The third-order valence-electron chi connectivity index (χ3n) is 7.01. The number of likely N-dealkylation sites (N-methyl/N-ethyl adjacent to an activating group) is 2. The topological polar surface area (TPSA) is 81.7 Å². The van der Waals surface area contributed by atoms with Gasteiger partial charge >= 0.3 is 0 Å². The third-order valence-corrected chi connectivity index (χ3v) is 8.88. The van der Waals surface area contributed by atoms with E-state index in [9.17, 15) is 22.0 Å². The van der Waals surface area contributed by atoms with Crippen molar-refractivity contribution in [2.45, 2.75) is 59.3 Å². The predicted octanol–water partition coefficient (Wildman–Crippen LogP) is 6.21. The molecule has 0 aromatic heterocycles. The van der Waals surface area contributed by atoms with Crippen molar-refractivity contribution in [2.75, 3.05) is 52.9 Å². The number of carbonyl (C=O) groups is 1. The second-order valence-corrected chi connectivity index (χ2v) is 12.7. The van der Waals surface area contributed by atoms with Crippen LogP contribution in [0.25, 0.3) is 0 Å². The monoisotopic (exact) mass is 646 g/mol. The molecule has 0 aliphatic rings. The molecule has 0 atom stereocenters. The van der Waals surface area contributed by atoms with Crippen molar-refractivity contribution < 1.29 is 22.0 Å². The molecule has 0 saturated heterocycles. The fourth-order valence-corrected chi connectivity index (χ4v) is 5.38. The summed E-state index contributed by atoms with van der Waals surface area (Å²) in [7, 11) is -1.97. The van der Waals surface area contributed by atoms with Gasteiger partial charge in [-0.15, -0.1) is 0 Å². The number of nitrogens with one attached hydrogen (secondary N) is 2. The highest BCUT2D eigenvalue weighted by Crippen LogP contribution is 2.15. The Labute approximate surface area is 270 Å². The number of nitrogens with zero attached hydrogens (tertiary/aromatic N) is 2. The Morgan fingerprint density at radius 1 is 0.800 bits per heavy atom.